The van der Waals surface area contributed by atoms with Crippen LogP contribution in [0.2, 0.25) is 0 Å². The van der Waals surface area contributed by atoms with Crippen LogP contribution in [0.15, 0.2) is 18.2 Å². The molecule has 2 atom stereocenters. The molecule has 1 heterocycles. The number of anilines is 1. The molecule has 18 heavy (non-hydrogen) atoms. The number of hydrogen-bond acceptors (Lipinski definition) is 3. The fourth-order valence-corrected chi connectivity index (χ4v) is 2.81. The summed E-state index contributed by atoms with van der Waals surface area (Å²) in [6.45, 7) is 5.78. The molecule has 1 fully saturated rings. The number of hydrogen-bond donors (Lipinski definition) is 1. The highest BCUT2D eigenvalue weighted by Crippen LogP contribution is 2.24. The smallest absolute Gasteiger partial charge is 0.0791 e. The molecule has 0 bridgehead atoms. The number of likely N-dealkylation sites (N-methyl/N-ethyl adjacent to an activating group) is 1. The lowest BCUT2D eigenvalue weighted by molar-refractivity contribution is 0.0907. The first-order valence-electron chi connectivity index (χ1n) is 6.74. The normalized spacial score (nSPS) is 21.0. The Morgan fingerprint density at radius 3 is 2.50 bits per heavy atom. The van der Waals surface area contributed by atoms with Crippen molar-refractivity contribution >= 4 is 5.69 Å². The molecule has 1 aliphatic heterocycles. The highest BCUT2D eigenvalue weighted by Gasteiger charge is 2.28. The van der Waals surface area contributed by atoms with E-state index >= 15 is 0 Å². The van der Waals surface area contributed by atoms with Gasteiger partial charge in [0.2, 0.25) is 0 Å². The maximum atomic E-state index is 5.95. The molecule has 2 rings (SSSR count). The monoisotopic (exact) mass is 248 g/mol. The van der Waals surface area contributed by atoms with E-state index in [0.29, 0.717) is 6.54 Å². The van der Waals surface area contributed by atoms with Crippen LogP contribution in [0.5, 0.6) is 0 Å². The second-order valence-corrected chi connectivity index (χ2v) is 5.31. The van der Waals surface area contributed by atoms with Gasteiger partial charge in [-0.15, -0.1) is 0 Å². The number of aryl methyl sites for hydroxylation is 2. The van der Waals surface area contributed by atoms with E-state index in [2.05, 4.69) is 44.0 Å². The van der Waals surface area contributed by atoms with Crippen molar-refractivity contribution in [2.24, 2.45) is 5.73 Å². The highest BCUT2D eigenvalue weighted by atomic mass is 16.5. The van der Waals surface area contributed by atoms with Gasteiger partial charge in [-0.25, -0.2) is 0 Å². The molecule has 0 amide bonds. The van der Waals surface area contributed by atoms with E-state index in [1.165, 1.54) is 16.8 Å². The number of rotatable bonds is 4. The van der Waals surface area contributed by atoms with E-state index in [1.54, 1.807) is 0 Å². The molecule has 1 aliphatic rings. The van der Waals surface area contributed by atoms with Gasteiger partial charge in [-0.1, -0.05) is 6.07 Å². The first-order chi connectivity index (χ1) is 8.61. The summed E-state index contributed by atoms with van der Waals surface area (Å²) in [4.78, 5) is 2.27. The first-order valence-corrected chi connectivity index (χ1v) is 6.74. The average molecular weight is 248 g/mol. The quantitative estimate of drug-likeness (QED) is 0.888. The van der Waals surface area contributed by atoms with Gasteiger partial charge in [-0.3, -0.25) is 0 Å². The van der Waals surface area contributed by atoms with Gasteiger partial charge in [-0.2, -0.15) is 0 Å². The summed E-state index contributed by atoms with van der Waals surface area (Å²) in [5.41, 5.74) is 9.76. The minimum atomic E-state index is 0.272. The van der Waals surface area contributed by atoms with E-state index in [4.69, 9.17) is 10.5 Å². The van der Waals surface area contributed by atoms with Crippen molar-refractivity contribution in [3.8, 4) is 0 Å². The van der Waals surface area contributed by atoms with Gasteiger partial charge < -0.3 is 15.4 Å². The summed E-state index contributed by atoms with van der Waals surface area (Å²) >= 11 is 0. The molecule has 2 unspecified atom stereocenters. The molecular formula is C15H24N2O. The fourth-order valence-electron chi connectivity index (χ4n) is 2.81. The van der Waals surface area contributed by atoms with Crippen molar-refractivity contribution in [3.63, 3.8) is 0 Å². The van der Waals surface area contributed by atoms with E-state index in [0.717, 1.165) is 19.4 Å². The number of benzene rings is 1. The molecule has 0 aromatic heterocycles. The van der Waals surface area contributed by atoms with Gasteiger partial charge in [0.25, 0.3) is 0 Å². The zero-order chi connectivity index (χ0) is 13.1. The standard InChI is InChI=1S/C15H24N2O/c1-11-7-12(2)9-13(8-11)17(3)14(10-16)15-5-4-6-18-15/h7-9,14-15H,4-6,10,16H2,1-3H3. The second-order valence-electron chi connectivity index (χ2n) is 5.31. The maximum absolute atomic E-state index is 5.95. The Morgan fingerprint density at radius 1 is 1.33 bits per heavy atom. The van der Waals surface area contributed by atoms with Crippen molar-refractivity contribution in [1.82, 2.24) is 0 Å². The first kappa shape index (κ1) is 13.4. The Bertz CT molecular complexity index is 379. The zero-order valence-corrected chi connectivity index (χ0v) is 11.6. The molecular weight excluding hydrogens is 224 g/mol. The molecule has 0 radical (unpaired) electrons. The van der Waals surface area contributed by atoms with Crippen molar-refractivity contribution in [1.29, 1.82) is 0 Å². The Hall–Kier alpha value is -1.06. The Labute approximate surface area is 110 Å². The molecule has 0 aliphatic carbocycles. The van der Waals surface area contributed by atoms with Crippen LogP contribution in [0.4, 0.5) is 5.69 Å². The summed E-state index contributed by atoms with van der Waals surface area (Å²) in [6.07, 6.45) is 2.56. The third-order valence-corrected chi connectivity index (χ3v) is 3.75. The molecule has 3 nitrogen and oxygen atoms in total. The topological polar surface area (TPSA) is 38.5 Å². The lowest BCUT2D eigenvalue weighted by Crippen LogP contribution is -2.46. The largest absolute Gasteiger partial charge is 0.376 e. The Morgan fingerprint density at radius 2 is 2.00 bits per heavy atom. The molecule has 0 spiro atoms. The summed E-state index contributed by atoms with van der Waals surface area (Å²) in [7, 11) is 2.12. The van der Waals surface area contributed by atoms with Gasteiger partial charge in [0, 0.05) is 25.9 Å². The molecule has 0 saturated carbocycles. The predicted octanol–water partition coefficient (Wildman–Crippen LogP) is 2.25. The maximum Gasteiger partial charge on any atom is 0.0791 e. The van der Waals surface area contributed by atoms with Crippen molar-refractivity contribution in [2.45, 2.75) is 38.8 Å². The third kappa shape index (κ3) is 2.85. The zero-order valence-electron chi connectivity index (χ0n) is 11.6. The van der Waals surface area contributed by atoms with E-state index in [9.17, 15) is 0 Å². The lowest BCUT2D eigenvalue weighted by atomic mass is 10.0. The molecule has 2 N–H and O–H groups in total. The second kappa shape index (κ2) is 5.72. The van der Waals surface area contributed by atoms with Gasteiger partial charge in [-0.05, 0) is 49.9 Å². The molecule has 1 aromatic rings. The van der Waals surface area contributed by atoms with E-state index in [1.807, 2.05) is 0 Å². The SMILES string of the molecule is Cc1cc(C)cc(N(C)C(CN)C2CCCO2)c1. The van der Waals surface area contributed by atoms with Gasteiger partial charge in [0.05, 0.1) is 12.1 Å². The molecule has 100 valence electrons. The van der Waals surface area contributed by atoms with E-state index < -0.39 is 0 Å². The van der Waals surface area contributed by atoms with Crippen molar-refractivity contribution in [3.05, 3.63) is 29.3 Å². The summed E-state index contributed by atoms with van der Waals surface area (Å²) in [5, 5.41) is 0. The van der Waals surface area contributed by atoms with Crippen LogP contribution in [-0.2, 0) is 4.74 Å². The minimum absolute atomic E-state index is 0.272. The lowest BCUT2D eigenvalue weighted by Gasteiger charge is -2.33. The summed E-state index contributed by atoms with van der Waals surface area (Å²) < 4.78 is 5.79. The van der Waals surface area contributed by atoms with Gasteiger partial charge >= 0.3 is 0 Å². The molecule has 1 aromatic carbocycles. The van der Waals surface area contributed by atoms with Crippen LogP contribution >= 0.6 is 0 Å². The fraction of sp³-hybridized carbons (Fsp3) is 0.600. The van der Waals surface area contributed by atoms with Gasteiger partial charge in [0.1, 0.15) is 0 Å². The van der Waals surface area contributed by atoms with Gasteiger partial charge in [0.15, 0.2) is 0 Å². The molecule has 3 heteroatoms. The predicted molar refractivity (Wildman–Crippen MR) is 76.1 cm³/mol. The Kier molecular flexibility index (Phi) is 4.25. The summed E-state index contributed by atoms with van der Waals surface area (Å²) in [5.74, 6) is 0. The number of nitrogens with zero attached hydrogens (tertiary/aromatic N) is 1. The van der Waals surface area contributed by atoms with Crippen LogP contribution in [0.3, 0.4) is 0 Å². The molecule has 1 saturated heterocycles. The van der Waals surface area contributed by atoms with Crippen molar-refractivity contribution < 1.29 is 4.74 Å². The van der Waals surface area contributed by atoms with Crippen LogP contribution in [0, 0.1) is 13.8 Å². The van der Waals surface area contributed by atoms with Crippen LogP contribution in [0.25, 0.3) is 0 Å². The van der Waals surface area contributed by atoms with Crippen LogP contribution < -0.4 is 10.6 Å². The summed E-state index contributed by atoms with van der Waals surface area (Å²) in [6, 6.07) is 6.89. The highest BCUT2D eigenvalue weighted by molar-refractivity contribution is 5.51. The van der Waals surface area contributed by atoms with E-state index in [-0.39, 0.29) is 12.1 Å². The van der Waals surface area contributed by atoms with Crippen molar-refractivity contribution in [2.75, 3.05) is 25.1 Å². The Balaban J connectivity index is 2.19. The minimum Gasteiger partial charge on any atom is -0.376 e. The van der Waals surface area contributed by atoms with Crippen LogP contribution in [0.1, 0.15) is 24.0 Å². The number of ether oxygens (including phenoxy) is 1. The number of nitrogens with two attached hydrogens (primary N) is 1. The third-order valence-electron chi connectivity index (χ3n) is 3.75. The average Bonchev–Trinajstić information content (AvgIpc) is 2.82. The van der Waals surface area contributed by atoms with Crippen LogP contribution in [-0.4, -0.2) is 32.3 Å².